The molecule has 1 saturated carbocycles. The monoisotopic (exact) mass is 328 g/mol. The number of hydrogen-bond acceptors (Lipinski definition) is 3. The summed E-state index contributed by atoms with van der Waals surface area (Å²) >= 11 is 1.75. The number of rotatable bonds is 4. The Labute approximate surface area is 137 Å². The van der Waals surface area contributed by atoms with E-state index in [4.69, 9.17) is 5.73 Å². The number of hydrogen-bond donors (Lipinski definition) is 2. The Hall–Kier alpha value is -0.580. The number of carbonyl (C=O) groups is 1. The first kappa shape index (κ1) is 16.8. The topological polar surface area (TPSA) is 55.1 Å². The third kappa shape index (κ3) is 3.27. The van der Waals surface area contributed by atoms with E-state index in [2.05, 4.69) is 19.2 Å². The first-order valence-corrected chi connectivity index (χ1v) is 8.53. The van der Waals surface area contributed by atoms with Crippen LogP contribution >= 0.6 is 23.7 Å². The van der Waals surface area contributed by atoms with E-state index in [0.29, 0.717) is 12.5 Å². The van der Waals surface area contributed by atoms with Crippen molar-refractivity contribution in [1.82, 2.24) is 5.32 Å². The number of amides is 1. The molecule has 5 heteroatoms. The van der Waals surface area contributed by atoms with E-state index in [0.717, 1.165) is 24.3 Å². The van der Waals surface area contributed by atoms with Crippen molar-refractivity contribution in [2.45, 2.75) is 51.5 Å². The number of halogens is 1. The number of carbonyl (C=O) groups excluding carboxylic acids is 1. The van der Waals surface area contributed by atoms with Crippen molar-refractivity contribution in [3.8, 4) is 0 Å². The van der Waals surface area contributed by atoms with Gasteiger partial charge >= 0.3 is 0 Å². The van der Waals surface area contributed by atoms with Crippen LogP contribution in [0, 0.1) is 11.8 Å². The van der Waals surface area contributed by atoms with E-state index < -0.39 is 0 Å². The number of fused-ring (bicyclic) bond motifs is 1. The Bertz CT molecular complexity index is 526. The van der Waals surface area contributed by atoms with Gasteiger partial charge in [0.05, 0.1) is 11.1 Å². The molecule has 2 aliphatic carbocycles. The predicted octanol–water partition coefficient (Wildman–Crippen LogP) is 3.15. The maximum absolute atomic E-state index is 12.6. The molecule has 0 aromatic carbocycles. The average Bonchev–Trinajstić information content (AvgIpc) is 3.19. The van der Waals surface area contributed by atoms with Crippen LogP contribution in [0.5, 0.6) is 0 Å². The van der Waals surface area contributed by atoms with Crippen LogP contribution in [-0.4, -0.2) is 18.0 Å². The lowest BCUT2D eigenvalue weighted by molar-refractivity contribution is 0.0897. The van der Waals surface area contributed by atoms with E-state index in [9.17, 15) is 4.79 Å². The molecule has 1 amide bonds. The fraction of sp³-hybridized carbons (Fsp3) is 0.688. The zero-order chi connectivity index (χ0) is 14.3. The second kappa shape index (κ2) is 6.27. The van der Waals surface area contributed by atoms with Crippen LogP contribution in [0.15, 0.2) is 5.38 Å². The highest BCUT2D eigenvalue weighted by Crippen LogP contribution is 2.39. The molecular formula is C16H25ClN2OS. The Kier molecular flexibility index (Phi) is 5.01. The van der Waals surface area contributed by atoms with Gasteiger partial charge in [0.2, 0.25) is 0 Å². The summed E-state index contributed by atoms with van der Waals surface area (Å²) < 4.78 is 0. The fourth-order valence-corrected chi connectivity index (χ4v) is 4.48. The maximum atomic E-state index is 12.6. The highest BCUT2D eigenvalue weighted by molar-refractivity contribution is 7.10. The van der Waals surface area contributed by atoms with Gasteiger partial charge in [0.1, 0.15) is 0 Å². The van der Waals surface area contributed by atoms with E-state index in [1.165, 1.54) is 29.7 Å². The third-order valence-corrected chi connectivity index (χ3v) is 6.00. The molecule has 1 heterocycles. The third-order valence-electron chi connectivity index (χ3n) is 4.95. The van der Waals surface area contributed by atoms with Crippen molar-refractivity contribution in [3.63, 3.8) is 0 Å². The Morgan fingerprint density at radius 1 is 1.48 bits per heavy atom. The minimum Gasteiger partial charge on any atom is -0.345 e. The van der Waals surface area contributed by atoms with Gasteiger partial charge in [-0.15, -0.1) is 23.7 Å². The van der Waals surface area contributed by atoms with Crippen molar-refractivity contribution < 1.29 is 4.79 Å². The van der Waals surface area contributed by atoms with Crippen LogP contribution in [-0.2, 0) is 12.8 Å². The predicted molar refractivity (Wildman–Crippen MR) is 90.4 cm³/mol. The van der Waals surface area contributed by atoms with Gasteiger partial charge in [0.25, 0.3) is 5.91 Å². The number of thiophene rings is 1. The first-order chi connectivity index (χ1) is 9.53. The first-order valence-electron chi connectivity index (χ1n) is 7.65. The van der Waals surface area contributed by atoms with Crippen molar-refractivity contribution in [2.75, 3.05) is 6.54 Å². The summed E-state index contributed by atoms with van der Waals surface area (Å²) in [6, 6.07) is 0. The molecule has 2 atom stereocenters. The smallest absolute Gasteiger partial charge is 0.252 e. The summed E-state index contributed by atoms with van der Waals surface area (Å²) in [5.74, 6) is 1.39. The molecule has 0 spiro atoms. The maximum Gasteiger partial charge on any atom is 0.252 e. The normalized spacial score (nSPS) is 23.7. The van der Waals surface area contributed by atoms with Crippen LogP contribution < -0.4 is 11.1 Å². The Morgan fingerprint density at radius 2 is 2.19 bits per heavy atom. The van der Waals surface area contributed by atoms with Crippen LogP contribution in [0.1, 0.15) is 53.9 Å². The van der Waals surface area contributed by atoms with Gasteiger partial charge in [0.15, 0.2) is 0 Å². The fourth-order valence-electron chi connectivity index (χ4n) is 3.23. The van der Waals surface area contributed by atoms with Gasteiger partial charge in [-0.3, -0.25) is 4.79 Å². The van der Waals surface area contributed by atoms with Crippen molar-refractivity contribution >= 4 is 29.7 Å². The zero-order valence-electron chi connectivity index (χ0n) is 12.8. The van der Waals surface area contributed by atoms with Crippen molar-refractivity contribution in [1.29, 1.82) is 0 Å². The van der Waals surface area contributed by atoms with E-state index >= 15 is 0 Å². The largest absolute Gasteiger partial charge is 0.345 e. The van der Waals surface area contributed by atoms with Crippen LogP contribution in [0.2, 0.25) is 0 Å². The molecule has 0 bridgehead atoms. The molecule has 21 heavy (non-hydrogen) atoms. The molecule has 3 nitrogen and oxygen atoms in total. The summed E-state index contributed by atoms with van der Waals surface area (Å²) in [5.41, 5.74) is 7.86. The van der Waals surface area contributed by atoms with Gasteiger partial charge in [-0.25, -0.2) is 0 Å². The lowest BCUT2D eigenvalue weighted by Crippen LogP contribution is -2.53. The van der Waals surface area contributed by atoms with Gasteiger partial charge in [0, 0.05) is 16.8 Å². The minimum atomic E-state index is -0.228. The highest BCUT2D eigenvalue weighted by atomic mass is 35.5. The lowest BCUT2D eigenvalue weighted by Gasteiger charge is -2.30. The molecule has 2 unspecified atom stereocenters. The molecule has 0 radical (unpaired) electrons. The molecule has 118 valence electrons. The SMILES string of the molecule is CC1CCc2c(C(=O)NC(C)(CN)C3CC3)csc2C1.Cl. The average molecular weight is 329 g/mol. The summed E-state index contributed by atoms with van der Waals surface area (Å²) in [7, 11) is 0. The standard InChI is InChI=1S/C16H24N2OS.ClH/c1-10-3-6-12-13(8-20-14(12)7-10)15(19)18-16(2,9-17)11-4-5-11;/h8,10-11H,3-7,9,17H2,1-2H3,(H,18,19);1H. The van der Waals surface area contributed by atoms with Crippen molar-refractivity contribution in [2.24, 2.45) is 17.6 Å². The number of nitrogens with one attached hydrogen (secondary N) is 1. The highest BCUT2D eigenvalue weighted by Gasteiger charge is 2.42. The molecule has 0 saturated heterocycles. The molecule has 1 fully saturated rings. The molecule has 0 aliphatic heterocycles. The molecule has 3 rings (SSSR count). The van der Waals surface area contributed by atoms with Crippen LogP contribution in [0.4, 0.5) is 0 Å². The summed E-state index contributed by atoms with van der Waals surface area (Å²) in [6.45, 7) is 4.90. The van der Waals surface area contributed by atoms with Crippen LogP contribution in [0.25, 0.3) is 0 Å². The second-order valence-corrected chi connectivity index (χ2v) is 7.71. The van der Waals surface area contributed by atoms with Gasteiger partial charge in [-0.1, -0.05) is 6.92 Å². The van der Waals surface area contributed by atoms with Gasteiger partial charge in [-0.2, -0.15) is 0 Å². The Morgan fingerprint density at radius 3 is 2.81 bits per heavy atom. The number of nitrogens with two attached hydrogens (primary N) is 1. The van der Waals surface area contributed by atoms with E-state index in [1.807, 2.05) is 5.38 Å². The van der Waals surface area contributed by atoms with Gasteiger partial charge < -0.3 is 11.1 Å². The molecular weight excluding hydrogens is 304 g/mol. The van der Waals surface area contributed by atoms with Crippen molar-refractivity contribution in [3.05, 3.63) is 21.4 Å². The Balaban J connectivity index is 0.00000161. The van der Waals surface area contributed by atoms with Gasteiger partial charge in [-0.05, 0) is 56.4 Å². The summed E-state index contributed by atoms with van der Waals surface area (Å²) in [4.78, 5) is 14.0. The minimum absolute atomic E-state index is 0. The van der Waals surface area contributed by atoms with E-state index in [-0.39, 0.29) is 23.9 Å². The molecule has 1 aromatic rings. The second-order valence-electron chi connectivity index (χ2n) is 6.75. The lowest BCUT2D eigenvalue weighted by atomic mass is 9.88. The molecule has 3 N–H and O–H groups in total. The summed E-state index contributed by atoms with van der Waals surface area (Å²) in [5, 5.41) is 5.26. The van der Waals surface area contributed by atoms with Crippen LogP contribution in [0.3, 0.4) is 0 Å². The molecule has 1 aromatic heterocycles. The quantitative estimate of drug-likeness (QED) is 0.892. The molecule has 2 aliphatic rings. The zero-order valence-corrected chi connectivity index (χ0v) is 14.4. The van der Waals surface area contributed by atoms with E-state index in [1.54, 1.807) is 11.3 Å². The summed E-state index contributed by atoms with van der Waals surface area (Å²) in [6.07, 6.45) is 5.75.